The number of nitriles is 1. The lowest BCUT2D eigenvalue weighted by Crippen LogP contribution is -2.16. The zero-order valence-electron chi connectivity index (χ0n) is 12.6. The molecule has 0 saturated heterocycles. The van der Waals surface area contributed by atoms with Gasteiger partial charge in [0, 0.05) is 10.4 Å². The van der Waals surface area contributed by atoms with Gasteiger partial charge in [-0.2, -0.15) is 5.26 Å². The second kappa shape index (κ2) is 6.76. The predicted molar refractivity (Wildman–Crippen MR) is 89.7 cm³/mol. The van der Waals surface area contributed by atoms with Gasteiger partial charge in [0.05, 0.1) is 12.0 Å². The minimum absolute atomic E-state index is 0.211. The quantitative estimate of drug-likeness (QED) is 0.688. The number of carbonyl (C=O) groups excluding carboxylic acids is 2. The molecule has 0 fully saturated rings. The molecule has 0 spiro atoms. The topological polar surface area (TPSA) is 70.0 Å². The third-order valence-electron chi connectivity index (χ3n) is 3.95. The summed E-state index contributed by atoms with van der Waals surface area (Å²) in [7, 11) is 0. The lowest BCUT2D eigenvalue weighted by Gasteiger charge is -2.09. The molecule has 5 heteroatoms. The average Bonchev–Trinajstić information content (AvgIpc) is 2.92. The van der Waals surface area contributed by atoms with E-state index in [-0.39, 0.29) is 18.1 Å². The Morgan fingerprint density at radius 2 is 1.91 bits per heavy atom. The van der Waals surface area contributed by atoms with Crippen LogP contribution in [-0.4, -0.2) is 11.7 Å². The molecule has 116 valence electrons. The van der Waals surface area contributed by atoms with Crippen molar-refractivity contribution in [3.05, 3.63) is 51.9 Å². The third-order valence-corrected chi connectivity index (χ3v) is 5.16. The van der Waals surface area contributed by atoms with E-state index in [0.29, 0.717) is 16.1 Å². The van der Waals surface area contributed by atoms with Crippen LogP contribution in [0.15, 0.2) is 30.3 Å². The maximum absolute atomic E-state index is 12.1. The van der Waals surface area contributed by atoms with E-state index in [1.807, 2.05) is 6.07 Å². The number of nitrogens with one attached hydrogen (secondary N) is 1. The number of amides is 1. The molecule has 0 aliphatic heterocycles. The van der Waals surface area contributed by atoms with E-state index in [2.05, 4.69) is 11.4 Å². The van der Waals surface area contributed by atoms with Crippen molar-refractivity contribution in [2.24, 2.45) is 0 Å². The molecule has 0 saturated carbocycles. The Labute approximate surface area is 138 Å². The fourth-order valence-corrected chi connectivity index (χ4v) is 4.07. The van der Waals surface area contributed by atoms with Crippen molar-refractivity contribution >= 4 is 28.0 Å². The Kier molecular flexibility index (Phi) is 4.54. The number of nitrogens with zero attached hydrogens (tertiary/aromatic N) is 1. The van der Waals surface area contributed by atoms with Gasteiger partial charge in [-0.15, -0.1) is 11.3 Å². The lowest BCUT2D eigenvalue weighted by molar-refractivity contribution is -0.115. The molecular weight excluding hydrogens is 308 g/mol. The predicted octanol–water partition coefficient (Wildman–Crippen LogP) is 3.71. The molecule has 0 radical (unpaired) electrons. The number of anilines is 1. The number of fused-ring (bicyclic) bond motifs is 1. The van der Waals surface area contributed by atoms with Crippen molar-refractivity contribution in [2.75, 3.05) is 5.32 Å². The molecule has 3 rings (SSSR count). The standard InChI is InChI=1S/C18H16N2O2S/c19-11-14-13-8-4-5-9-16(13)23-18(14)20-17(22)10-15(21)12-6-2-1-3-7-12/h1-3,6-7H,4-5,8-10H2,(H,20,22). The summed E-state index contributed by atoms with van der Waals surface area (Å²) in [6, 6.07) is 11.0. The van der Waals surface area contributed by atoms with E-state index in [1.165, 1.54) is 16.2 Å². The van der Waals surface area contributed by atoms with Crippen LogP contribution in [0.1, 0.15) is 45.6 Å². The highest BCUT2D eigenvalue weighted by Gasteiger charge is 2.22. The van der Waals surface area contributed by atoms with E-state index >= 15 is 0 Å². The molecule has 2 aromatic rings. The van der Waals surface area contributed by atoms with Crippen molar-refractivity contribution in [3.63, 3.8) is 0 Å². The maximum atomic E-state index is 12.1. The van der Waals surface area contributed by atoms with Crippen molar-refractivity contribution < 1.29 is 9.59 Å². The highest BCUT2D eigenvalue weighted by molar-refractivity contribution is 7.16. The highest BCUT2D eigenvalue weighted by Crippen LogP contribution is 2.37. The van der Waals surface area contributed by atoms with Crippen molar-refractivity contribution in [1.29, 1.82) is 5.26 Å². The number of Topliss-reactive ketones (excluding diaryl/α,β-unsaturated/α-hetero) is 1. The lowest BCUT2D eigenvalue weighted by atomic mass is 9.96. The Morgan fingerprint density at radius 3 is 2.65 bits per heavy atom. The van der Waals surface area contributed by atoms with Gasteiger partial charge in [-0.3, -0.25) is 9.59 Å². The van der Waals surface area contributed by atoms with Crippen LogP contribution in [-0.2, 0) is 17.6 Å². The summed E-state index contributed by atoms with van der Waals surface area (Å²) in [6.07, 6.45) is 3.86. The number of hydrogen-bond donors (Lipinski definition) is 1. The summed E-state index contributed by atoms with van der Waals surface area (Å²) in [5, 5.41) is 12.7. The third kappa shape index (κ3) is 3.33. The highest BCUT2D eigenvalue weighted by atomic mass is 32.1. The first-order valence-corrected chi connectivity index (χ1v) is 8.43. The zero-order valence-corrected chi connectivity index (χ0v) is 13.4. The Bertz CT molecular complexity index is 787. The second-order valence-electron chi connectivity index (χ2n) is 5.54. The number of ketones is 1. The second-order valence-corrected chi connectivity index (χ2v) is 6.65. The van der Waals surface area contributed by atoms with Crippen molar-refractivity contribution in [2.45, 2.75) is 32.1 Å². The Morgan fingerprint density at radius 1 is 1.17 bits per heavy atom. The van der Waals surface area contributed by atoms with Gasteiger partial charge >= 0.3 is 0 Å². The Hall–Kier alpha value is -2.45. The summed E-state index contributed by atoms with van der Waals surface area (Å²) in [5.41, 5.74) is 2.17. The molecule has 4 nitrogen and oxygen atoms in total. The first-order valence-electron chi connectivity index (χ1n) is 7.62. The van der Waals surface area contributed by atoms with Crippen LogP contribution in [0.2, 0.25) is 0 Å². The summed E-state index contributed by atoms with van der Waals surface area (Å²) < 4.78 is 0. The molecule has 1 heterocycles. The Balaban J connectivity index is 1.72. The van der Waals surface area contributed by atoms with Crippen LogP contribution in [0.5, 0.6) is 0 Å². The summed E-state index contributed by atoms with van der Waals surface area (Å²) in [5.74, 6) is -0.586. The number of rotatable bonds is 4. The molecule has 0 atom stereocenters. The molecule has 1 aromatic heterocycles. The van der Waals surface area contributed by atoms with Gasteiger partial charge in [0.2, 0.25) is 5.91 Å². The molecule has 23 heavy (non-hydrogen) atoms. The number of aryl methyl sites for hydroxylation is 1. The molecular formula is C18H16N2O2S. The average molecular weight is 324 g/mol. The summed E-state index contributed by atoms with van der Waals surface area (Å²) in [6.45, 7) is 0. The zero-order chi connectivity index (χ0) is 16.2. The van der Waals surface area contributed by atoms with Crippen molar-refractivity contribution in [3.8, 4) is 6.07 Å². The monoisotopic (exact) mass is 324 g/mol. The van der Waals surface area contributed by atoms with E-state index in [1.54, 1.807) is 24.3 Å². The van der Waals surface area contributed by atoms with Gasteiger partial charge in [-0.05, 0) is 31.2 Å². The summed E-state index contributed by atoms with van der Waals surface area (Å²) >= 11 is 1.47. The fourth-order valence-electron chi connectivity index (χ4n) is 2.81. The normalized spacial score (nSPS) is 13.0. The van der Waals surface area contributed by atoms with Crippen LogP contribution in [0.4, 0.5) is 5.00 Å². The smallest absolute Gasteiger partial charge is 0.232 e. The molecule has 1 aliphatic carbocycles. The fraction of sp³-hybridized carbons (Fsp3) is 0.278. The summed E-state index contributed by atoms with van der Waals surface area (Å²) in [4.78, 5) is 25.4. The van der Waals surface area contributed by atoms with Crippen molar-refractivity contribution in [1.82, 2.24) is 0 Å². The first kappa shape index (κ1) is 15.4. The van der Waals surface area contributed by atoms with E-state index < -0.39 is 0 Å². The van der Waals surface area contributed by atoms with Gasteiger partial charge in [-0.25, -0.2) is 0 Å². The van der Waals surface area contributed by atoms with Crippen LogP contribution >= 0.6 is 11.3 Å². The number of hydrogen-bond acceptors (Lipinski definition) is 4. The van der Waals surface area contributed by atoms with E-state index in [0.717, 1.165) is 31.2 Å². The molecule has 0 bridgehead atoms. The van der Waals surface area contributed by atoms with Crippen LogP contribution in [0, 0.1) is 11.3 Å². The maximum Gasteiger partial charge on any atom is 0.232 e. The van der Waals surface area contributed by atoms with Crippen LogP contribution < -0.4 is 5.32 Å². The molecule has 1 aliphatic rings. The number of carbonyl (C=O) groups is 2. The van der Waals surface area contributed by atoms with Gasteiger partial charge < -0.3 is 5.32 Å². The minimum atomic E-state index is -0.367. The van der Waals surface area contributed by atoms with E-state index in [4.69, 9.17) is 0 Å². The molecule has 1 amide bonds. The van der Waals surface area contributed by atoms with Gasteiger partial charge in [0.25, 0.3) is 0 Å². The molecule has 0 unspecified atom stereocenters. The van der Waals surface area contributed by atoms with Crippen LogP contribution in [0.3, 0.4) is 0 Å². The largest absolute Gasteiger partial charge is 0.316 e. The SMILES string of the molecule is N#Cc1c(NC(=O)CC(=O)c2ccccc2)sc2c1CCCC2. The van der Waals surface area contributed by atoms with Gasteiger partial charge in [0.15, 0.2) is 5.78 Å². The number of thiophene rings is 1. The number of benzene rings is 1. The van der Waals surface area contributed by atoms with Crippen LogP contribution in [0.25, 0.3) is 0 Å². The molecule has 1 aromatic carbocycles. The minimum Gasteiger partial charge on any atom is -0.316 e. The van der Waals surface area contributed by atoms with Gasteiger partial charge in [-0.1, -0.05) is 30.3 Å². The van der Waals surface area contributed by atoms with Gasteiger partial charge in [0.1, 0.15) is 11.1 Å². The van der Waals surface area contributed by atoms with E-state index in [9.17, 15) is 14.9 Å². The first-order chi connectivity index (χ1) is 11.2. The molecule has 1 N–H and O–H groups in total.